The van der Waals surface area contributed by atoms with Gasteiger partial charge in [-0.3, -0.25) is 4.79 Å². The number of carbonyl (C=O) groups is 1. The zero-order valence-corrected chi connectivity index (χ0v) is 12.2. The SMILES string of the molecule is CCC1(CC)CCN(C(=O)c2ccc(O)c(Cl)c2)C1. The molecule has 1 aromatic rings. The summed E-state index contributed by atoms with van der Waals surface area (Å²) in [4.78, 5) is 14.3. The van der Waals surface area contributed by atoms with Crippen LogP contribution >= 0.6 is 11.6 Å². The maximum atomic E-state index is 12.4. The van der Waals surface area contributed by atoms with Crippen molar-refractivity contribution in [2.24, 2.45) is 5.41 Å². The first kappa shape index (κ1) is 14.2. The van der Waals surface area contributed by atoms with Crippen LogP contribution in [-0.4, -0.2) is 29.0 Å². The highest BCUT2D eigenvalue weighted by Gasteiger charge is 2.37. The lowest BCUT2D eigenvalue weighted by atomic mass is 9.82. The Morgan fingerprint density at radius 3 is 2.63 bits per heavy atom. The fourth-order valence-corrected chi connectivity index (χ4v) is 2.94. The van der Waals surface area contributed by atoms with Crippen molar-refractivity contribution in [3.8, 4) is 5.75 Å². The Kier molecular flexibility index (Phi) is 4.04. The van der Waals surface area contributed by atoms with Crippen LogP contribution in [-0.2, 0) is 0 Å². The van der Waals surface area contributed by atoms with Gasteiger partial charge in [-0.2, -0.15) is 0 Å². The molecule has 2 rings (SSSR count). The summed E-state index contributed by atoms with van der Waals surface area (Å²) in [5.74, 6) is 0.0155. The van der Waals surface area contributed by atoms with E-state index in [0.29, 0.717) is 5.56 Å². The molecule has 0 aliphatic carbocycles. The summed E-state index contributed by atoms with van der Waals surface area (Å²) in [5, 5.41) is 9.62. The molecule has 0 spiro atoms. The van der Waals surface area contributed by atoms with E-state index in [0.717, 1.165) is 32.4 Å². The number of likely N-dealkylation sites (tertiary alicyclic amines) is 1. The smallest absolute Gasteiger partial charge is 0.253 e. The molecule has 0 bridgehead atoms. The van der Waals surface area contributed by atoms with Crippen molar-refractivity contribution >= 4 is 17.5 Å². The highest BCUT2D eigenvalue weighted by Crippen LogP contribution is 2.37. The lowest BCUT2D eigenvalue weighted by molar-refractivity contribution is 0.0770. The van der Waals surface area contributed by atoms with Crippen molar-refractivity contribution < 1.29 is 9.90 Å². The van der Waals surface area contributed by atoms with Crippen LogP contribution in [0.4, 0.5) is 0 Å². The first-order chi connectivity index (χ1) is 9.01. The summed E-state index contributed by atoms with van der Waals surface area (Å²) in [7, 11) is 0. The fourth-order valence-electron chi connectivity index (χ4n) is 2.76. The van der Waals surface area contributed by atoms with Crippen LogP contribution in [0, 0.1) is 5.41 Å². The van der Waals surface area contributed by atoms with Crippen LogP contribution in [0.15, 0.2) is 18.2 Å². The highest BCUT2D eigenvalue weighted by atomic mass is 35.5. The Balaban J connectivity index is 2.15. The van der Waals surface area contributed by atoms with Gasteiger partial charge in [-0.05, 0) is 42.9 Å². The molecule has 4 heteroatoms. The van der Waals surface area contributed by atoms with Gasteiger partial charge in [-0.15, -0.1) is 0 Å². The van der Waals surface area contributed by atoms with Gasteiger partial charge in [-0.1, -0.05) is 25.4 Å². The molecule has 0 radical (unpaired) electrons. The Hall–Kier alpha value is -1.22. The number of halogens is 1. The summed E-state index contributed by atoms with van der Waals surface area (Å²) >= 11 is 5.85. The molecule has 1 amide bonds. The highest BCUT2D eigenvalue weighted by molar-refractivity contribution is 6.32. The molecular formula is C15H20ClNO2. The summed E-state index contributed by atoms with van der Waals surface area (Å²) in [6.45, 7) is 6.00. The second-order valence-corrected chi connectivity index (χ2v) is 5.76. The topological polar surface area (TPSA) is 40.5 Å². The summed E-state index contributed by atoms with van der Waals surface area (Å²) in [6.07, 6.45) is 3.27. The summed E-state index contributed by atoms with van der Waals surface area (Å²) in [6, 6.07) is 4.64. The monoisotopic (exact) mass is 281 g/mol. The molecule has 1 heterocycles. The zero-order valence-electron chi connectivity index (χ0n) is 11.4. The van der Waals surface area contributed by atoms with E-state index in [9.17, 15) is 9.90 Å². The molecule has 1 N–H and O–H groups in total. The average molecular weight is 282 g/mol. The van der Waals surface area contributed by atoms with E-state index in [4.69, 9.17) is 11.6 Å². The second kappa shape index (κ2) is 5.41. The Morgan fingerprint density at radius 2 is 2.11 bits per heavy atom. The van der Waals surface area contributed by atoms with Crippen molar-refractivity contribution in [2.75, 3.05) is 13.1 Å². The maximum Gasteiger partial charge on any atom is 0.253 e. The van der Waals surface area contributed by atoms with E-state index in [2.05, 4.69) is 13.8 Å². The summed E-state index contributed by atoms with van der Waals surface area (Å²) < 4.78 is 0. The number of carbonyl (C=O) groups excluding carboxylic acids is 1. The Bertz CT molecular complexity index is 483. The number of hydrogen-bond acceptors (Lipinski definition) is 2. The van der Waals surface area contributed by atoms with Crippen LogP contribution in [0.3, 0.4) is 0 Å². The third-order valence-electron chi connectivity index (χ3n) is 4.42. The van der Waals surface area contributed by atoms with E-state index in [1.165, 1.54) is 12.1 Å². The van der Waals surface area contributed by atoms with Gasteiger partial charge in [0.05, 0.1) is 5.02 Å². The third-order valence-corrected chi connectivity index (χ3v) is 4.72. The number of rotatable bonds is 3. The van der Waals surface area contributed by atoms with Gasteiger partial charge >= 0.3 is 0 Å². The lowest BCUT2D eigenvalue weighted by Gasteiger charge is -2.26. The van der Waals surface area contributed by atoms with E-state index in [1.807, 2.05) is 4.90 Å². The number of amides is 1. The zero-order chi connectivity index (χ0) is 14.0. The summed E-state index contributed by atoms with van der Waals surface area (Å²) in [5.41, 5.74) is 0.821. The predicted molar refractivity (Wildman–Crippen MR) is 76.7 cm³/mol. The minimum atomic E-state index is 0.00525. The van der Waals surface area contributed by atoms with Gasteiger partial charge in [0.2, 0.25) is 0 Å². The molecule has 0 saturated carbocycles. The molecule has 19 heavy (non-hydrogen) atoms. The van der Waals surface area contributed by atoms with Gasteiger partial charge in [0.25, 0.3) is 5.91 Å². The van der Waals surface area contributed by atoms with Crippen molar-refractivity contribution in [1.82, 2.24) is 4.90 Å². The van der Waals surface area contributed by atoms with Gasteiger partial charge in [-0.25, -0.2) is 0 Å². The molecule has 0 atom stereocenters. The largest absolute Gasteiger partial charge is 0.506 e. The van der Waals surface area contributed by atoms with Crippen LogP contribution in [0.1, 0.15) is 43.5 Å². The molecule has 0 unspecified atom stereocenters. The molecule has 1 fully saturated rings. The van der Waals surface area contributed by atoms with Crippen LogP contribution in [0.2, 0.25) is 5.02 Å². The first-order valence-corrected chi connectivity index (χ1v) is 7.17. The minimum Gasteiger partial charge on any atom is -0.506 e. The first-order valence-electron chi connectivity index (χ1n) is 6.79. The molecule has 1 aromatic carbocycles. The van der Waals surface area contributed by atoms with Crippen LogP contribution in [0.5, 0.6) is 5.75 Å². The number of aromatic hydroxyl groups is 1. The number of benzene rings is 1. The fraction of sp³-hybridized carbons (Fsp3) is 0.533. The van der Waals surface area contributed by atoms with Gasteiger partial charge in [0, 0.05) is 18.7 Å². The second-order valence-electron chi connectivity index (χ2n) is 5.35. The predicted octanol–water partition coefficient (Wildman–Crippen LogP) is 3.70. The van der Waals surface area contributed by atoms with Crippen LogP contribution in [0.25, 0.3) is 0 Å². The lowest BCUT2D eigenvalue weighted by Crippen LogP contribution is -2.31. The van der Waals surface area contributed by atoms with Gasteiger partial charge in [0.15, 0.2) is 0 Å². The minimum absolute atomic E-state index is 0.00525. The third kappa shape index (κ3) is 2.71. The van der Waals surface area contributed by atoms with Crippen molar-refractivity contribution in [3.63, 3.8) is 0 Å². The van der Waals surface area contributed by atoms with Crippen molar-refractivity contribution in [2.45, 2.75) is 33.1 Å². The Morgan fingerprint density at radius 1 is 1.42 bits per heavy atom. The number of hydrogen-bond donors (Lipinski definition) is 1. The number of nitrogens with zero attached hydrogens (tertiary/aromatic N) is 1. The van der Waals surface area contributed by atoms with Gasteiger partial charge in [0.1, 0.15) is 5.75 Å². The molecule has 1 saturated heterocycles. The van der Waals surface area contributed by atoms with Crippen molar-refractivity contribution in [1.29, 1.82) is 0 Å². The maximum absolute atomic E-state index is 12.4. The number of phenols is 1. The molecule has 3 nitrogen and oxygen atoms in total. The van der Waals surface area contributed by atoms with E-state index >= 15 is 0 Å². The molecule has 0 aromatic heterocycles. The van der Waals surface area contributed by atoms with Crippen LogP contribution < -0.4 is 0 Å². The normalized spacial score (nSPS) is 17.7. The van der Waals surface area contributed by atoms with E-state index in [-0.39, 0.29) is 22.1 Å². The molecule has 104 valence electrons. The van der Waals surface area contributed by atoms with E-state index < -0.39 is 0 Å². The molecule has 1 aliphatic heterocycles. The van der Waals surface area contributed by atoms with Crippen molar-refractivity contribution in [3.05, 3.63) is 28.8 Å². The molecule has 1 aliphatic rings. The quantitative estimate of drug-likeness (QED) is 0.918. The molecular weight excluding hydrogens is 262 g/mol. The standard InChI is InChI=1S/C15H20ClNO2/c1-3-15(4-2)7-8-17(10-15)14(19)11-5-6-13(18)12(16)9-11/h5-6,9,18H,3-4,7-8,10H2,1-2H3. The Labute approximate surface area is 119 Å². The van der Waals surface area contributed by atoms with E-state index in [1.54, 1.807) is 6.07 Å². The average Bonchev–Trinajstić information content (AvgIpc) is 2.86. The van der Waals surface area contributed by atoms with Gasteiger partial charge < -0.3 is 10.0 Å². The number of phenolic OH excluding ortho intramolecular Hbond substituents is 1.